The maximum absolute atomic E-state index is 12.9. The van der Waals surface area contributed by atoms with Crippen LogP contribution in [0, 0.1) is 5.82 Å². The van der Waals surface area contributed by atoms with Gasteiger partial charge in [-0.15, -0.1) is 0 Å². The molecule has 0 saturated heterocycles. The molecule has 62 valence electrons. The monoisotopic (exact) mass is 166 g/mol. The van der Waals surface area contributed by atoms with Gasteiger partial charge in [0.2, 0.25) is 0 Å². The number of benzene rings is 1. The molecule has 12 heavy (non-hydrogen) atoms. The second-order valence-electron chi connectivity index (χ2n) is 2.36. The molecule has 0 heterocycles. The lowest BCUT2D eigenvalue weighted by Gasteiger charge is -2.01. The summed E-state index contributed by atoms with van der Waals surface area (Å²) < 4.78 is 12.9. The first kappa shape index (κ1) is 8.97. The first-order valence-electron chi connectivity index (χ1n) is 3.43. The predicted octanol–water partition coefficient (Wildman–Crippen LogP) is 0.149. The Bertz CT molecular complexity index is 299. The van der Waals surface area contributed by atoms with Gasteiger partial charge in [0.15, 0.2) is 0 Å². The Morgan fingerprint density at radius 1 is 1.42 bits per heavy atom. The van der Waals surface area contributed by atoms with E-state index in [2.05, 4.69) is 6.58 Å². The molecule has 4 heteroatoms. The Morgan fingerprint density at radius 2 is 2.08 bits per heavy atom. The van der Waals surface area contributed by atoms with Crippen LogP contribution in [0.1, 0.15) is 5.56 Å². The zero-order chi connectivity index (χ0) is 9.14. The molecule has 0 radical (unpaired) electrons. The quantitative estimate of drug-likeness (QED) is 0.613. The fraction of sp³-hybridized carbons (Fsp3) is 0. The molecule has 1 rings (SSSR count). The van der Waals surface area contributed by atoms with Gasteiger partial charge in [0.05, 0.1) is 0 Å². The minimum atomic E-state index is -1.76. The van der Waals surface area contributed by atoms with Crippen molar-refractivity contribution in [2.75, 3.05) is 0 Å². The van der Waals surface area contributed by atoms with E-state index in [0.717, 1.165) is 0 Å². The molecule has 0 aliphatic heterocycles. The molecular weight excluding hydrogens is 158 g/mol. The van der Waals surface area contributed by atoms with E-state index >= 15 is 0 Å². The van der Waals surface area contributed by atoms with Crippen molar-refractivity contribution in [3.8, 4) is 0 Å². The van der Waals surface area contributed by atoms with Gasteiger partial charge in [-0.3, -0.25) is 0 Å². The van der Waals surface area contributed by atoms with Gasteiger partial charge in [0.25, 0.3) is 0 Å². The lowest BCUT2D eigenvalue weighted by molar-refractivity contribution is 0.423. The molecule has 0 aromatic heterocycles. The summed E-state index contributed by atoms with van der Waals surface area (Å²) in [6.45, 7) is 3.45. The molecular formula is C8H8BFO2. The fourth-order valence-electron chi connectivity index (χ4n) is 0.880. The molecule has 0 saturated carbocycles. The average molecular weight is 166 g/mol. The van der Waals surface area contributed by atoms with Crippen molar-refractivity contribution in [1.82, 2.24) is 0 Å². The van der Waals surface area contributed by atoms with Crippen molar-refractivity contribution in [3.05, 3.63) is 36.2 Å². The summed E-state index contributed by atoms with van der Waals surface area (Å²) >= 11 is 0. The van der Waals surface area contributed by atoms with Crippen LogP contribution < -0.4 is 5.46 Å². The molecule has 0 unspecified atom stereocenters. The second kappa shape index (κ2) is 3.52. The van der Waals surface area contributed by atoms with E-state index in [4.69, 9.17) is 10.0 Å². The van der Waals surface area contributed by atoms with Crippen LogP contribution in [0.15, 0.2) is 24.8 Å². The number of halogens is 1. The van der Waals surface area contributed by atoms with E-state index in [-0.39, 0.29) is 5.46 Å². The maximum Gasteiger partial charge on any atom is 0.491 e. The summed E-state index contributed by atoms with van der Waals surface area (Å²) in [5, 5.41) is 17.3. The normalized spacial score (nSPS) is 9.58. The van der Waals surface area contributed by atoms with E-state index < -0.39 is 12.9 Å². The summed E-state index contributed by atoms with van der Waals surface area (Å²) in [4.78, 5) is 0. The molecule has 1 aromatic carbocycles. The van der Waals surface area contributed by atoms with E-state index in [1.807, 2.05) is 0 Å². The lowest BCUT2D eigenvalue weighted by atomic mass is 9.79. The van der Waals surface area contributed by atoms with Crippen LogP contribution in [-0.2, 0) is 0 Å². The summed E-state index contributed by atoms with van der Waals surface area (Å²) in [5.74, 6) is -0.637. The molecule has 0 bridgehead atoms. The molecule has 0 fully saturated rings. The average Bonchev–Trinajstić information content (AvgIpc) is 2.03. The third-order valence-corrected chi connectivity index (χ3v) is 1.54. The Morgan fingerprint density at radius 3 is 2.50 bits per heavy atom. The Kier molecular flexibility index (Phi) is 2.63. The smallest absolute Gasteiger partial charge is 0.423 e. The molecule has 0 amide bonds. The van der Waals surface area contributed by atoms with Crippen LogP contribution in [0.2, 0.25) is 0 Å². The molecule has 0 aliphatic carbocycles. The van der Waals surface area contributed by atoms with Gasteiger partial charge in [-0.25, -0.2) is 4.39 Å². The summed E-state index contributed by atoms with van der Waals surface area (Å²) in [6.07, 6.45) is 1.48. The third-order valence-electron chi connectivity index (χ3n) is 1.54. The highest BCUT2D eigenvalue weighted by Gasteiger charge is 2.15. The summed E-state index contributed by atoms with van der Waals surface area (Å²) in [5.41, 5.74) is 0.484. The summed E-state index contributed by atoms with van der Waals surface area (Å²) in [7, 11) is -1.76. The molecule has 2 nitrogen and oxygen atoms in total. The Labute approximate surface area is 70.1 Å². The second-order valence-corrected chi connectivity index (χ2v) is 2.36. The Hall–Kier alpha value is -1.13. The van der Waals surface area contributed by atoms with Crippen LogP contribution in [0.5, 0.6) is 0 Å². The number of hydrogen-bond acceptors (Lipinski definition) is 2. The minimum Gasteiger partial charge on any atom is -0.423 e. The topological polar surface area (TPSA) is 40.5 Å². The molecule has 0 atom stereocenters. The van der Waals surface area contributed by atoms with Crippen molar-refractivity contribution in [2.45, 2.75) is 0 Å². The summed E-state index contributed by atoms with van der Waals surface area (Å²) in [6, 6.07) is 4.07. The molecule has 0 aliphatic rings. The van der Waals surface area contributed by atoms with Gasteiger partial charge in [0.1, 0.15) is 5.82 Å². The SMILES string of the molecule is C=Cc1ccc(B(O)O)c(F)c1. The largest absolute Gasteiger partial charge is 0.491 e. The van der Waals surface area contributed by atoms with Gasteiger partial charge in [-0.2, -0.15) is 0 Å². The highest BCUT2D eigenvalue weighted by Crippen LogP contribution is 2.02. The zero-order valence-corrected chi connectivity index (χ0v) is 6.37. The fourth-order valence-corrected chi connectivity index (χ4v) is 0.880. The van der Waals surface area contributed by atoms with Gasteiger partial charge < -0.3 is 10.0 Å². The van der Waals surface area contributed by atoms with Gasteiger partial charge >= 0.3 is 7.12 Å². The first-order chi connectivity index (χ1) is 5.65. The number of hydrogen-bond donors (Lipinski definition) is 2. The van der Waals surface area contributed by atoms with Crippen molar-refractivity contribution in [3.63, 3.8) is 0 Å². The van der Waals surface area contributed by atoms with Gasteiger partial charge in [0, 0.05) is 5.46 Å². The maximum atomic E-state index is 12.9. The molecule has 2 N–H and O–H groups in total. The van der Waals surface area contributed by atoms with Crippen LogP contribution in [0.25, 0.3) is 6.08 Å². The van der Waals surface area contributed by atoms with Crippen molar-refractivity contribution in [2.24, 2.45) is 0 Å². The van der Waals surface area contributed by atoms with E-state index in [1.165, 1.54) is 18.2 Å². The van der Waals surface area contributed by atoms with Crippen molar-refractivity contribution >= 4 is 18.7 Å². The van der Waals surface area contributed by atoms with Crippen LogP contribution in [-0.4, -0.2) is 17.2 Å². The standard InChI is InChI=1S/C8H8BFO2/c1-2-6-3-4-7(9(11)12)8(10)5-6/h2-5,11-12H,1H2. The highest BCUT2D eigenvalue weighted by molar-refractivity contribution is 6.58. The van der Waals surface area contributed by atoms with Crippen LogP contribution in [0.4, 0.5) is 4.39 Å². The van der Waals surface area contributed by atoms with E-state index in [1.54, 1.807) is 6.07 Å². The van der Waals surface area contributed by atoms with E-state index in [9.17, 15) is 4.39 Å². The predicted molar refractivity (Wildman–Crippen MR) is 46.3 cm³/mol. The first-order valence-corrected chi connectivity index (χ1v) is 3.43. The van der Waals surface area contributed by atoms with Crippen molar-refractivity contribution in [1.29, 1.82) is 0 Å². The van der Waals surface area contributed by atoms with Crippen molar-refractivity contribution < 1.29 is 14.4 Å². The van der Waals surface area contributed by atoms with Gasteiger partial charge in [-0.05, 0) is 11.6 Å². The zero-order valence-electron chi connectivity index (χ0n) is 6.37. The third kappa shape index (κ3) is 1.72. The van der Waals surface area contributed by atoms with Crippen LogP contribution in [0.3, 0.4) is 0 Å². The van der Waals surface area contributed by atoms with Crippen LogP contribution >= 0.6 is 0 Å². The lowest BCUT2D eigenvalue weighted by Crippen LogP contribution is -2.32. The van der Waals surface area contributed by atoms with E-state index in [0.29, 0.717) is 5.56 Å². The minimum absolute atomic E-state index is 0.124. The van der Waals surface area contributed by atoms with Gasteiger partial charge in [-0.1, -0.05) is 24.8 Å². The highest BCUT2D eigenvalue weighted by atomic mass is 19.1. The molecule has 1 aromatic rings. The number of rotatable bonds is 2. The molecule has 0 spiro atoms. The Balaban J connectivity index is 3.11.